The molecule has 1 aromatic carbocycles. The number of benzene rings is 1. The lowest BCUT2D eigenvalue weighted by molar-refractivity contribution is -0.00514. The Morgan fingerprint density at radius 1 is 1.41 bits per heavy atom. The molecule has 0 aliphatic carbocycles. The minimum Gasteiger partial charge on any atom is -0.492 e. The van der Waals surface area contributed by atoms with Crippen LogP contribution in [0.25, 0.3) is 0 Å². The summed E-state index contributed by atoms with van der Waals surface area (Å²) in [6, 6.07) is 7.99. The second kappa shape index (κ2) is 5.89. The number of rotatable bonds is 4. The molecule has 1 aromatic rings. The topological polar surface area (TPSA) is 47.7 Å². The third-order valence-corrected chi connectivity index (χ3v) is 3.03. The molecule has 1 heterocycles. The van der Waals surface area contributed by atoms with Crippen LogP contribution < -0.4 is 10.5 Å². The van der Waals surface area contributed by atoms with Crippen LogP contribution in [0.5, 0.6) is 5.75 Å². The molecule has 4 heteroatoms. The van der Waals surface area contributed by atoms with Crippen LogP contribution in [-0.2, 0) is 4.74 Å². The highest BCUT2D eigenvalue weighted by molar-refractivity contribution is 5.41. The van der Waals surface area contributed by atoms with Crippen molar-refractivity contribution in [1.82, 2.24) is 4.90 Å². The second-order valence-corrected chi connectivity index (χ2v) is 4.38. The Bertz CT molecular complexity index is 340. The smallest absolute Gasteiger partial charge is 0.119 e. The molecule has 1 saturated heterocycles. The summed E-state index contributed by atoms with van der Waals surface area (Å²) < 4.78 is 11.1. The highest BCUT2D eigenvalue weighted by Crippen LogP contribution is 2.13. The van der Waals surface area contributed by atoms with Crippen LogP contribution in [0.2, 0.25) is 0 Å². The average molecular weight is 236 g/mol. The van der Waals surface area contributed by atoms with Crippen LogP contribution in [-0.4, -0.2) is 43.9 Å². The van der Waals surface area contributed by atoms with Gasteiger partial charge in [-0.05, 0) is 31.2 Å². The van der Waals surface area contributed by atoms with Crippen molar-refractivity contribution in [2.45, 2.75) is 13.0 Å². The molecule has 0 aromatic heterocycles. The van der Waals surface area contributed by atoms with E-state index in [1.807, 2.05) is 24.3 Å². The zero-order valence-corrected chi connectivity index (χ0v) is 10.3. The zero-order valence-electron chi connectivity index (χ0n) is 10.3. The van der Waals surface area contributed by atoms with Gasteiger partial charge in [-0.3, -0.25) is 4.90 Å². The second-order valence-electron chi connectivity index (χ2n) is 4.38. The summed E-state index contributed by atoms with van der Waals surface area (Å²) >= 11 is 0. The molecule has 1 fully saturated rings. The van der Waals surface area contributed by atoms with Gasteiger partial charge >= 0.3 is 0 Å². The number of anilines is 1. The highest BCUT2D eigenvalue weighted by atomic mass is 16.5. The van der Waals surface area contributed by atoms with Crippen LogP contribution in [0.3, 0.4) is 0 Å². The molecule has 0 bridgehead atoms. The maximum Gasteiger partial charge on any atom is 0.119 e. The molecule has 17 heavy (non-hydrogen) atoms. The van der Waals surface area contributed by atoms with Crippen molar-refractivity contribution >= 4 is 5.69 Å². The van der Waals surface area contributed by atoms with Gasteiger partial charge in [0.25, 0.3) is 0 Å². The van der Waals surface area contributed by atoms with Crippen LogP contribution in [0.4, 0.5) is 5.69 Å². The molecule has 94 valence electrons. The van der Waals surface area contributed by atoms with E-state index >= 15 is 0 Å². The van der Waals surface area contributed by atoms with Crippen molar-refractivity contribution in [2.24, 2.45) is 0 Å². The predicted molar refractivity (Wildman–Crippen MR) is 68.2 cm³/mol. The molecular formula is C13H20N2O2. The molecule has 1 aliphatic rings. The van der Waals surface area contributed by atoms with Gasteiger partial charge in [0.2, 0.25) is 0 Å². The first kappa shape index (κ1) is 12.2. The Balaban J connectivity index is 1.73. The van der Waals surface area contributed by atoms with Gasteiger partial charge in [-0.25, -0.2) is 0 Å². The number of morpholine rings is 1. The van der Waals surface area contributed by atoms with Gasteiger partial charge in [-0.15, -0.1) is 0 Å². The number of nitrogens with zero attached hydrogens (tertiary/aromatic N) is 1. The molecule has 1 aliphatic heterocycles. The maximum atomic E-state index is 5.67. The molecule has 2 N–H and O–H groups in total. The van der Waals surface area contributed by atoms with Crippen molar-refractivity contribution in [1.29, 1.82) is 0 Å². The largest absolute Gasteiger partial charge is 0.492 e. The Morgan fingerprint density at radius 3 is 2.88 bits per heavy atom. The van der Waals surface area contributed by atoms with Gasteiger partial charge in [-0.2, -0.15) is 0 Å². The van der Waals surface area contributed by atoms with Gasteiger partial charge in [0.1, 0.15) is 12.4 Å². The zero-order chi connectivity index (χ0) is 12.1. The van der Waals surface area contributed by atoms with Crippen molar-refractivity contribution < 1.29 is 9.47 Å². The monoisotopic (exact) mass is 236 g/mol. The van der Waals surface area contributed by atoms with E-state index in [1.54, 1.807) is 0 Å². The summed E-state index contributed by atoms with van der Waals surface area (Å²) in [6.45, 7) is 6.46. The summed E-state index contributed by atoms with van der Waals surface area (Å²) in [6.07, 6.45) is 0. The minimum atomic E-state index is 0.485. The summed E-state index contributed by atoms with van der Waals surface area (Å²) in [4.78, 5) is 2.39. The number of ether oxygens (including phenoxy) is 2. The lowest BCUT2D eigenvalue weighted by Gasteiger charge is -2.32. The molecule has 0 radical (unpaired) electrons. The van der Waals surface area contributed by atoms with E-state index in [-0.39, 0.29) is 0 Å². The minimum absolute atomic E-state index is 0.485. The van der Waals surface area contributed by atoms with Crippen molar-refractivity contribution in [3.05, 3.63) is 24.3 Å². The number of hydrogen-bond donors (Lipinski definition) is 1. The Hall–Kier alpha value is -1.26. The molecule has 0 saturated carbocycles. The summed E-state index contributed by atoms with van der Waals surface area (Å²) in [5.74, 6) is 0.875. The van der Waals surface area contributed by atoms with E-state index in [4.69, 9.17) is 15.2 Å². The lowest BCUT2D eigenvalue weighted by atomic mass is 10.2. The molecule has 1 unspecified atom stereocenters. The van der Waals surface area contributed by atoms with Gasteiger partial charge in [0.05, 0.1) is 13.2 Å². The summed E-state index contributed by atoms with van der Waals surface area (Å²) in [5, 5.41) is 0. The molecular weight excluding hydrogens is 216 g/mol. The normalized spacial score (nSPS) is 21.4. The molecule has 2 rings (SSSR count). The van der Waals surface area contributed by atoms with Gasteiger partial charge < -0.3 is 15.2 Å². The van der Waals surface area contributed by atoms with Gasteiger partial charge in [-0.1, -0.05) is 0 Å². The average Bonchev–Trinajstić information content (AvgIpc) is 2.34. The van der Waals surface area contributed by atoms with E-state index in [1.165, 1.54) is 0 Å². The molecule has 4 nitrogen and oxygen atoms in total. The Labute approximate surface area is 102 Å². The third-order valence-electron chi connectivity index (χ3n) is 3.03. The van der Waals surface area contributed by atoms with Crippen LogP contribution >= 0.6 is 0 Å². The maximum absolute atomic E-state index is 5.67. The van der Waals surface area contributed by atoms with Crippen molar-refractivity contribution in [2.75, 3.05) is 38.6 Å². The predicted octanol–water partition coefficient (Wildman–Crippen LogP) is 1.37. The highest BCUT2D eigenvalue weighted by Gasteiger charge is 2.17. The van der Waals surface area contributed by atoms with E-state index in [0.29, 0.717) is 12.6 Å². The van der Waals surface area contributed by atoms with Crippen LogP contribution in [0, 0.1) is 0 Å². The van der Waals surface area contributed by atoms with Crippen LogP contribution in [0.1, 0.15) is 6.92 Å². The standard InChI is InChI=1S/C13H20N2O2/c1-11-10-16-8-6-15(11)7-9-17-13-4-2-12(14)3-5-13/h2-5,11H,6-10,14H2,1H3. The van der Waals surface area contributed by atoms with Gasteiger partial charge in [0.15, 0.2) is 0 Å². The van der Waals surface area contributed by atoms with Gasteiger partial charge in [0, 0.05) is 24.8 Å². The Kier molecular flexibility index (Phi) is 4.23. The first-order chi connectivity index (χ1) is 8.25. The molecule has 1 atom stereocenters. The fraction of sp³-hybridized carbons (Fsp3) is 0.538. The first-order valence-corrected chi connectivity index (χ1v) is 6.06. The van der Waals surface area contributed by atoms with Crippen molar-refractivity contribution in [3.63, 3.8) is 0 Å². The number of nitrogen functional groups attached to an aromatic ring is 1. The Morgan fingerprint density at radius 2 is 2.18 bits per heavy atom. The fourth-order valence-corrected chi connectivity index (χ4v) is 1.94. The number of hydrogen-bond acceptors (Lipinski definition) is 4. The van der Waals surface area contributed by atoms with E-state index in [9.17, 15) is 0 Å². The van der Waals surface area contributed by atoms with E-state index in [2.05, 4.69) is 11.8 Å². The van der Waals surface area contributed by atoms with E-state index in [0.717, 1.165) is 37.7 Å². The summed E-state index contributed by atoms with van der Waals surface area (Å²) in [7, 11) is 0. The summed E-state index contributed by atoms with van der Waals surface area (Å²) in [5.41, 5.74) is 6.38. The quantitative estimate of drug-likeness (QED) is 0.802. The van der Waals surface area contributed by atoms with E-state index < -0.39 is 0 Å². The molecule has 0 amide bonds. The lowest BCUT2D eigenvalue weighted by Crippen LogP contribution is -2.45. The third kappa shape index (κ3) is 3.61. The fourth-order valence-electron chi connectivity index (χ4n) is 1.94. The molecule has 0 spiro atoms. The number of nitrogens with two attached hydrogens (primary N) is 1. The van der Waals surface area contributed by atoms with Crippen LogP contribution in [0.15, 0.2) is 24.3 Å². The SMILES string of the molecule is CC1COCCN1CCOc1ccc(N)cc1. The van der Waals surface area contributed by atoms with Crippen molar-refractivity contribution in [3.8, 4) is 5.75 Å². The first-order valence-electron chi connectivity index (χ1n) is 6.06.